The summed E-state index contributed by atoms with van der Waals surface area (Å²) in [5.74, 6) is 0.459. The van der Waals surface area contributed by atoms with Crippen molar-refractivity contribution in [1.82, 2.24) is 10.2 Å². The average molecular weight is 360 g/mol. The lowest BCUT2D eigenvalue weighted by atomic mass is 10.1. The van der Waals surface area contributed by atoms with E-state index >= 15 is 0 Å². The maximum Gasteiger partial charge on any atom is 0.219 e. The highest BCUT2D eigenvalue weighted by molar-refractivity contribution is 6.29. The average Bonchev–Trinajstić information content (AvgIpc) is 2.62. The zero-order valence-electron chi connectivity index (χ0n) is 15.2. The van der Waals surface area contributed by atoms with Crippen LogP contribution in [-0.2, 0) is 6.42 Å². The summed E-state index contributed by atoms with van der Waals surface area (Å²) in [6, 6.07) is 10.2. The van der Waals surface area contributed by atoms with E-state index in [0.717, 1.165) is 37.8 Å². The summed E-state index contributed by atoms with van der Waals surface area (Å²) in [6.07, 6.45) is 5.24. The Bertz CT molecular complexity index is 679. The summed E-state index contributed by atoms with van der Waals surface area (Å²) in [6.45, 7) is 6.46. The van der Waals surface area contributed by atoms with Gasteiger partial charge in [0, 0.05) is 11.8 Å². The third-order valence-electron chi connectivity index (χ3n) is 3.95. The van der Waals surface area contributed by atoms with Gasteiger partial charge in [0.2, 0.25) is 5.82 Å². The minimum Gasteiger partial charge on any atom is -0.352 e. The summed E-state index contributed by atoms with van der Waals surface area (Å²) in [5, 5.41) is 20.4. The number of nitrogens with one attached hydrogen (secondary N) is 1. The van der Waals surface area contributed by atoms with Crippen molar-refractivity contribution in [3.8, 4) is 0 Å². The van der Waals surface area contributed by atoms with E-state index in [1.807, 2.05) is 12.1 Å². The molecule has 1 aromatic carbocycles. The first-order chi connectivity index (χ1) is 12.2. The predicted octanol–water partition coefficient (Wildman–Crippen LogP) is 6.49. The lowest BCUT2D eigenvalue weighted by Crippen LogP contribution is -2.02. The molecule has 2 rings (SSSR count). The number of hydrogen-bond donors (Lipinski definition) is 1. The Morgan fingerprint density at radius 2 is 1.72 bits per heavy atom. The molecule has 0 amide bonds. The van der Waals surface area contributed by atoms with Crippen molar-refractivity contribution in [2.75, 3.05) is 5.32 Å². The molecule has 134 valence electrons. The fourth-order valence-corrected chi connectivity index (χ4v) is 2.72. The highest BCUT2D eigenvalue weighted by Gasteiger charge is 2.09. The molecule has 1 N–H and O–H groups in total. The van der Waals surface area contributed by atoms with Crippen molar-refractivity contribution >= 4 is 28.8 Å². The maximum absolute atomic E-state index is 6.01. The van der Waals surface area contributed by atoms with E-state index in [1.165, 1.54) is 5.56 Å². The summed E-state index contributed by atoms with van der Waals surface area (Å²) in [4.78, 5) is 0. The van der Waals surface area contributed by atoms with Crippen LogP contribution in [0.4, 0.5) is 17.2 Å². The van der Waals surface area contributed by atoms with E-state index < -0.39 is 0 Å². The second-order valence-electron chi connectivity index (χ2n) is 6.03. The Morgan fingerprint density at radius 3 is 2.32 bits per heavy atom. The fraction of sp³-hybridized carbons (Fsp3) is 0.474. The molecule has 2 aromatic rings. The summed E-state index contributed by atoms with van der Waals surface area (Å²) >= 11 is 6.01. The van der Waals surface area contributed by atoms with Crippen LogP contribution in [0.2, 0.25) is 5.15 Å². The number of hydrogen-bond acceptors (Lipinski definition) is 5. The molecular formula is C19H26ClN5. The minimum absolute atomic E-state index is 0.226. The molecule has 1 heterocycles. The van der Waals surface area contributed by atoms with Crippen molar-refractivity contribution in [3.63, 3.8) is 0 Å². The third-order valence-corrected chi connectivity index (χ3v) is 4.13. The topological polar surface area (TPSA) is 62.5 Å². The molecule has 6 heteroatoms. The summed E-state index contributed by atoms with van der Waals surface area (Å²) < 4.78 is 0. The van der Waals surface area contributed by atoms with Crippen molar-refractivity contribution in [2.24, 2.45) is 10.2 Å². The second-order valence-corrected chi connectivity index (χ2v) is 6.41. The largest absolute Gasteiger partial charge is 0.352 e. The van der Waals surface area contributed by atoms with Gasteiger partial charge < -0.3 is 5.32 Å². The molecule has 25 heavy (non-hydrogen) atoms. The number of rotatable bonds is 9. The van der Waals surface area contributed by atoms with Crippen LogP contribution in [0.5, 0.6) is 0 Å². The second kappa shape index (κ2) is 10.1. The summed E-state index contributed by atoms with van der Waals surface area (Å²) in [7, 11) is 0. The van der Waals surface area contributed by atoms with Crippen LogP contribution in [0.15, 0.2) is 40.6 Å². The number of aryl methyl sites for hydroxylation is 1. The zero-order chi connectivity index (χ0) is 18.1. The Labute approximate surface area is 154 Å². The highest BCUT2D eigenvalue weighted by Crippen LogP contribution is 2.28. The van der Waals surface area contributed by atoms with Gasteiger partial charge in [-0.3, -0.25) is 0 Å². The van der Waals surface area contributed by atoms with Crippen LogP contribution in [-0.4, -0.2) is 16.2 Å². The molecule has 0 atom stereocenters. The minimum atomic E-state index is 0.226. The standard InChI is InChI=1S/C19H26ClN5/c1-4-7-16(8-5-2)22-24-19-17(13-18(20)23-25-19)21-15-11-9-14(6-3)10-12-15/h9-13,16H,4-8H2,1-3H3,(H,21,23). The van der Waals surface area contributed by atoms with Crippen LogP contribution >= 0.6 is 11.6 Å². The predicted molar refractivity (Wildman–Crippen MR) is 104 cm³/mol. The highest BCUT2D eigenvalue weighted by atomic mass is 35.5. The first-order valence-electron chi connectivity index (χ1n) is 8.96. The van der Waals surface area contributed by atoms with Gasteiger partial charge in [-0.15, -0.1) is 15.3 Å². The number of nitrogens with zero attached hydrogens (tertiary/aromatic N) is 4. The number of anilines is 2. The van der Waals surface area contributed by atoms with E-state index in [4.69, 9.17) is 11.6 Å². The molecule has 0 fully saturated rings. The molecule has 0 spiro atoms. The van der Waals surface area contributed by atoms with Gasteiger partial charge in [0.1, 0.15) is 0 Å². The van der Waals surface area contributed by atoms with Gasteiger partial charge in [-0.25, -0.2) is 0 Å². The van der Waals surface area contributed by atoms with Crippen molar-refractivity contribution < 1.29 is 0 Å². The maximum atomic E-state index is 6.01. The first-order valence-corrected chi connectivity index (χ1v) is 9.34. The van der Waals surface area contributed by atoms with Gasteiger partial charge in [0.15, 0.2) is 5.15 Å². The van der Waals surface area contributed by atoms with Gasteiger partial charge >= 0.3 is 0 Å². The Kier molecular flexibility index (Phi) is 7.79. The third kappa shape index (κ3) is 6.09. The molecule has 0 saturated heterocycles. The van der Waals surface area contributed by atoms with Crippen LogP contribution < -0.4 is 5.32 Å². The monoisotopic (exact) mass is 359 g/mol. The normalized spacial score (nSPS) is 11.4. The van der Waals surface area contributed by atoms with Crippen molar-refractivity contribution in [1.29, 1.82) is 0 Å². The number of azo groups is 1. The Balaban J connectivity index is 2.20. The van der Waals surface area contributed by atoms with Gasteiger partial charge in [-0.1, -0.05) is 57.3 Å². The first kappa shape index (κ1) is 19.3. The van der Waals surface area contributed by atoms with Crippen LogP contribution in [0, 0.1) is 0 Å². The Hall–Kier alpha value is -2.01. The number of aromatic nitrogens is 2. The van der Waals surface area contributed by atoms with E-state index in [9.17, 15) is 0 Å². The molecular weight excluding hydrogens is 334 g/mol. The lowest BCUT2D eigenvalue weighted by Gasteiger charge is -2.10. The molecule has 5 nitrogen and oxygen atoms in total. The lowest BCUT2D eigenvalue weighted by molar-refractivity contribution is 0.536. The zero-order valence-corrected chi connectivity index (χ0v) is 15.9. The van der Waals surface area contributed by atoms with Crippen molar-refractivity contribution in [2.45, 2.75) is 58.9 Å². The van der Waals surface area contributed by atoms with Gasteiger partial charge in [0.05, 0.1) is 11.7 Å². The SMILES string of the molecule is CCCC(CCC)N=Nc1nnc(Cl)cc1Nc1ccc(CC)cc1. The van der Waals surface area contributed by atoms with Crippen molar-refractivity contribution in [3.05, 3.63) is 41.0 Å². The van der Waals surface area contributed by atoms with Gasteiger partial charge in [0.25, 0.3) is 0 Å². The fourth-order valence-electron chi connectivity index (χ4n) is 2.57. The van der Waals surface area contributed by atoms with E-state index in [-0.39, 0.29) is 6.04 Å². The van der Waals surface area contributed by atoms with Crippen LogP contribution in [0.25, 0.3) is 0 Å². The molecule has 1 aromatic heterocycles. The Morgan fingerprint density at radius 1 is 1.04 bits per heavy atom. The number of benzene rings is 1. The molecule has 0 aliphatic rings. The van der Waals surface area contributed by atoms with Crippen LogP contribution in [0.1, 0.15) is 52.0 Å². The molecule has 0 aliphatic carbocycles. The van der Waals surface area contributed by atoms with Gasteiger partial charge in [-0.05, 0) is 37.0 Å². The van der Waals surface area contributed by atoms with E-state index in [0.29, 0.717) is 16.7 Å². The van der Waals surface area contributed by atoms with Gasteiger partial charge in [-0.2, -0.15) is 5.11 Å². The molecule has 0 unspecified atom stereocenters. The summed E-state index contributed by atoms with van der Waals surface area (Å²) in [5.41, 5.74) is 2.95. The number of halogens is 1. The smallest absolute Gasteiger partial charge is 0.219 e. The molecule has 0 saturated carbocycles. The quantitative estimate of drug-likeness (QED) is 0.520. The van der Waals surface area contributed by atoms with Crippen LogP contribution in [0.3, 0.4) is 0 Å². The van der Waals surface area contributed by atoms with E-state index in [1.54, 1.807) is 6.07 Å². The molecule has 0 bridgehead atoms. The molecule has 0 aliphatic heterocycles. The van der Waals surface area contributed by atoms with E-state index in [2.05, 4.69) is 58.6 Å². The molecule has 0 radical (unpaired) electrons.